The number of hydrogen-bond acceptors (Lipinski definition) is 1. The van der Waals surface area contributed by atoms with Crippen molar-refractivity contribution in [2.45, 2.75) is 0 Å². The van der Waals surface area contributed by atoms with Crippen LogP contribution in [-0.2, 0) is 26.2 Å². The van der Waals surface area contributed by atoms with Crippen LogP contribution in [0.4, 0.5) is 7.77 Å². The van der Waals surface area contributed by atoms with Crippen LogP contribution >= 0.6 is 12.5 Å². The van der Waals surface area contributed by atoms with Gasteiger partial charge in [0.15, 0.2) is 0 Å². The molecule has 0 saturated heterocycles. The molecule has 0 aliphatic rings. The first kappa shape index (κ1) is 8.92. The molecule has 0 amide bonds. The van der Waals surface area contributed by atoms with Gasteiger partial charge in [0.25, 0.3) is 12.5 Å². The predicted octanol–water partition coefficient (Wildman–Crippen LogP) is 1.49. The summed E-state index contributed by atoms with van der Waals surface area (Å²) in [5.41, 5.74) is 0. The summed E-state index contributed by atoms with van der Waals surface area (Å²) in [4.78, 5) is 0. The van der Waals surface area contributed by atoms with Crippen LogP contribution < -0.4 is 0 Å². The van der Waals surface area contributed by atoms with Gasteiger partial charge in [-0.1, -0.05) is 0 Å². The molecule has 0 nitrogen and oxygen atoms in total. The molecule has 24 valence electrons. The van der Waals surface area contributed by atoms with Gasteiger partial charge in [-0.15, -0.1) is 7.77 Å². The third kappa shape index (κ3) is 11.3. The van der Waals surface area contributed by atoms with E-state index in [0.29, 0.717) is 0 Å². The second kappa shape index (κ2) is 8.94. The van der Waals surface area contributed by atoms with Gasteiger partial charge in [-0.25, -0.2) is 0 Å². The maximum atomic E-state index is 9.54. The Morgan fingerprint density at radius 2 is 1.25 bits per heavy atom. The summed E-state index contributed by atoms with van der Waals surface area (Å²) in [7, 11) is 0. The van der Waals surface area contributed by atoms with Crippen molar-refractivity contribution >= 4 is 12.5 Å². The van der Waals surface area contributed by atoms with E-state index >= 15 is 0 Å². The molecule has 4 heavy (non-hydrogen) atoms. The monoisotopic (exact) mass is 160 g/mol. The first-order chi connectivity index (χ1) is 1.41. The summed E-state index contributed by atoms with van der Waals surface area (Å²) >= 11 is -1.25. The summed E-state index contributed by atoms with van der Waals surface area (Å²) in [6.45, 7) is 0. The minimum Gasteiger partial charge on any atom is -0.127 e. The first-order valence-corrected chi connectivity index (χ1v) is 0.926. The molecule has 0 aliphatic carbocycles. The standard InChI is InChI=1S/F2S.Zr/c1-3-2;. The van der Waals surface area contributed by atoms with Gasteiger partial charge in [0.05, 0.1) is 0 Å². The molecule has 0 aromatic heterocycles. The average molecular weight is 161 g/mol. The van der Waals surface area contributed by atoms with Crippen LogP contribution in [0.2, 0.25) is 0 Å². The average Bonchev–Trinajstić information content (AvgIpc) is 0.918. The maximum Gasteiger partial charge on any atom is 0.255 e. The molecule has 0 saturated carbocycles. The minimum atomic E-state index is -1.25. The second-order valence-corrected chi connectivity index (χ2v) is 0.175. The molecular weight excluding hydrogens is 161 g/mol. The second-order valence-electron chi connectivity index (χ2n) is 0.0583. The van der Waals surface area contributed by atoms with Gasteiger partial charge >= 0.3 is 0 Å². The molecule has 0 atom stereocenters. The zero-order valence-corrected chi connectivity index (χ0v) is 4.94. The Hall–Kier alpha value is 1.09. The molecule has 0 aromatic carbocycles. The van der Waals surface area contributed by atoms with Crippen molar-refractivity contribution in [2.75, 3.05) is 0 Å². The van der Waals surface area contributed by atoms with Crippen molar-refractivity contribution in [3.63, 3.8) is 0 Å². The fourth-order valence-corrected chi connectivity index (χ4v) is 0. The molecular formula is F2SZr. The van der Waals surface area contributed by atoms with Gasteiger partial charge in [-0.3, -0.25) is 0 Å². The van der Waals surface area contributed by atoms with E-state index in [2.05, 4.69) is 0 Å². The zero-order chi connectivity index (χ0) is 2.71. The maximum absolute atomic E-state index is 9.54. The van der Waals surface area contributed by atoms with Crippen LogP contribution in [-0.4, -0.2) is 0 Å². The van der Waals surface area contributed by atoms with Gasteiger partial charge in [-0.2, -0.15) is 0 Å². The van der Waals surface area contributed by atoms with Crippen LogP contribution in [0, 0.1) is 0 Å². The van der Waals surface area contributed by atoms with E-state index in [4.69, 9.17) is 0 Å². The van der Waals surface area contributed by atoms with Crippen LogP contribution in [0.1, 0.15) is 0 Å². The van der Waals surface area contributed by atoms with Gasteiger partial charge in [0.1, 0.15) is 0 Å². The van der Waals surface area contributed by atoms with Crippen LogP contribution in [0.15, 0.2) is 0 Å². The van der Waals surface area contributed by atoms with Gasteiger partial charge in [0, 0.05) is 26.2 Å². The van der Waals surface area contributed by atoms with E-state index in [-0.39, 0.29) is 26.2 Å². The van der Waals surface area contributed by atoms with Crippen molar-refractivity contribution in [3.8, 4) is 0 Å². The van der Waals surface area contributed by atoms with Crippen LogP contribution in [0.25, 0.3) is 0 Å². The van der Waals surface area contributed by atoms with Crippen molar-refractivity contribution in [1.29, 1.82) is 0 Å². The van der Waals surface area contributed by atoms with E-state index in [0.717, 1.165) is 0 Å². The number of halogens is 2. The predicted molar refractivity (Wildman–Crippen MR) is 9.81 cm³/mol. The summed E-state index contributed by atoms with van der Waals surface area (Å²) < 4.78 is 19.1. The van der Waals surface area contributed by atoms with Gasteiger partial charge in [-0.05, 0) is 0 Å². The molecule has 4 heteroatoms. The van der Waals surface area contributed by atoms with Gasteiger partial charge < -0.3 is 0 Å². The summed E-state index contributed by atoms with van der Waals surface area (Å²) in [5.74, 6) is 0. The molecule has 0 fully saturated rings. The topological polar surface area (TPSA) is 0 Å². The van der Waals surface area contributed by atoms with Crippen molar-refractivity contribution in [3.05, 3.63) is 0 Å². The van der Waals surface area contributed by atoms with Crippen LogP contribution in [0.3, 0.4) is 0 Å². The zero-order valence-electron chi connectivity index (χ0n) is 1.66. The van der Waals surface area contributed by atoms with E-state index < -0.39 is 12.5 Å². The van der Waals surface area contributed by atoms with Crippen molar-refractivity contribution < 1.29 is 34.0 Å². The summed E-state index contributed by atoms with van der Waals surface area (Å²) in [6.07, 6.45) is 0. The first-order valence-electron chi connectivity index (χ1n) is 0.309. The Morgan fingerprint density at radius 1 is 1.25 bits per heavy atom. The Labute approximate surface area is 46.7 Å². The molecule has 0 spiro atoms. The van der Waals surface area contributed by atoms with E-state index in [1.165, 1.54) is 0 Å². The molecule has 0 unspecified atom stereocenters. The summed E-state index contributed by atoms with van der Waals surface area (Å²) in [5, 5.41) is 0. The Morgan fingerprint density at radius 3 is 1.25 bits per heavy atom. The third-order valence-electron chi connectivity index (χ3n) is 0. The van der Waals surface area contributed by atoms with E-state index in [9.17, 15) is 7.77 Å². The fourth-order valence-electron chi connectivity index (χ4n) is 0. The number of hydrogen-bond donors (Lipinski definition) is 0. The van der Waals surface area contributed by atoms with Crippen molar-refractivity contribution in [1.82, 2.24) is 0 Å². The van der Waals surface area contributed by atoms with Gasteiger partial charge in [0.2, 0.25) is 0 Å². The molecule has 0 rings (SSSR count). The smallest absolute Gasteiger partial charge is 0.127 e. The number of rotatable bonds is 0. The quantitative estimate of drug-likeness (QED) is 0.518. The fraction of sp³-hybridized carbons (Fsp3) is 0. The molecule has 0 bridgehead atoms. The Kier molecular flexibility index (Phi) is 19.9. The molecule has 0 heterocycles. The molecule has 0 radical (unpaired) electrons. The SMILES string of the molecule is FSF.[Zr]. The van der Waals surface area contributed by atoms with E-state index in [1.807, 2.05) is 0 Å². The molecule has 0 aliphatic heterocycles. The molecule has 0 N–H and O–H groups in total. The Bertz CT molecular complexity index is 6.00. The summed E-state index contributed by atoms with van der Waals surface area (Å²) in [6, 6.07) is 0. The van der Waals surface area contributed by atoms with E-state index in [1.54, 1.807) is 0 Å². The minimum absolute atomic E-state index is 0. The van der Waals surface area contributed by atoms with Crippen LogP contribution in [0.5, 0.6) is 0 Å². The van der Waals surface area contributed by atoms with Crippen molar-refractivity contribution in [2.24, 2.45) is 0 Å². The Balaban J connectivity index is 0. The normalized spacial score (nSPS) is 4.50. The third-order valence-corrected chi connectivity index (χ3v) is 0. The molecule has 0 aromatic rings. The largest absolute Gasteiger partial charge is 0.255 e.